The van der Waals surface area contributed by atoms with Gasteiger partial charge in [0.2, 0.25) is 15.9 Å². The van der Waals surface area contributed by atoms with Crippen LogP contribution in [0.15, 0.2) is 0 Å². The standard InChI is InChI=1S/C18H33N3O3S/c1-3-25(23,24)20(2)16-7-9-21(10-8-16)18(22)15-11-13-5-4-6-14(12-15)17(13)19/h13-17H,3-12,19H2,1-2H3. The van der Waals surface area contributed by atoms with Crippen molar-refractivity contribution in [3.63, 3.8) is 0 Å². The number of carbonyl (C=O) groups is 1. The lowest BCUT2D eigenvalue weighted by atomic mass is 9.65. The number of carbonyl (C=O) groups excluding carboxylic acids is 1. The topological polar surface area (TPSA) is 83.7 Å². The van der Waals surface area contributed by atoms with Gasteiger partial charge in [0.05, 0.1) is 5.75 Å². The maximum Gasteiger partial charge on any atom is 0.225 e. The summed E-state index contributed by atoms with van der Waals surface area (Å²) < 4.78 is 25.6. The molecule has 2 atom stereocenters. The van der Waals surface area contributed by atoms with Gasteiger partial charge in [-0.1, -0.05) is 6.42 Å². The third-order valence-electron chi connectivity index (χ3n) is 6.86. The molecule has 1 amide bonds. The SMILES string of the molecule is CCS(=O)(=O)N(C)C1CCN(C(=O)C2CC3CCCC(C2)C3N)CC1. The number of rotatable bonds is 4. The number of hydrogen-bond acceptors (Lipinski definition) is 4. The number of nitrogens with two attached hydrogens (primary N) is 1. The van der Waals surface area contributed by atoms with Crippen LogP contribution in [0.5, 0.6) is 0 Å². The van der Waals surface area contributed by atoms with Gasteiger partial charge in [0.15, 0.2) is 0 Å². The van der Waals surface area contributed by atoms with Crippen LogP contribution < -0.4 is 5.73 Å². The van der Waals surface area contributed by atoms with Crippen LogP contribution in [0.4, 0.5) is 0 Å². The van der Waals surface area contributed by atoms with Crippen LogP contribution >= 0.6 is 0 Å². The third kappa shape index (κ3) is 3.88. The number of nitrogens with zero attached hydrogens (tertiary/aromatic N) is 2. The van der Waals surface area contributed by atoms with Crippen molar-refractivity contribution < 1.29 is 13.2 Å². The lowest BCUT2D eigenvalue weighted by molar-refractivity contribution is -0.140. The molecule has 3 aliphatic rings. The zero-order valence-corrected chi connectivity index (χ0v) is 16.4. The highest BCUT2D eigenvalue weighted by Gasteiger charge is 2.42. The predicted molar refractivity (Wildman–Crippen MR) is 98.4 cm³/mol. The minimum absolute atomic E-state index is 0.0214. The van der Waals surface area contributed by atoms with Crippen LogP contribution in [0.2, 0.25) is 0 Å². The summed E-state index contributed by atoms with van der Waals surface area (Å²) in [4.78, 5) is 14.9. The van der Waals surface area contributed by atoms with Crippen LogP contribution in [0.25, 0.3) is 0 Å². The zero-order valence-electron chi connectivity index (χ0n) is 15.6. The molecule has 1 aliphatic heterocycles. The fraction of sp³-hybridized carbons (Fsp3) is 0.944. The minimum atomic E-state index is -3.16. The molecule has 2 unspecified atom stereocenters. The number of hydrogen-bond donors (Lipinski definition) is 1. The molecule has 0 spiro atoms. The largest absolute Gasteiger partial charge is 0.342 e. The average molecular weight is 372 g/mol. The second kappa shape index (κ2) is 7.53. The molecule has 2 aliphatic carbocycles. The minimum Gasteiger partial charge on any atom is -0.342 e. The van der Waals surface area contributed by atoms with Crippen molar-refractivity contribution in [2.24, 2.45) is 23.5 Å². The molecule has 3 fully saturated rings. The van der Waals surface area contributed by atoms with Crippen molar-refractivity contribution in [1.82, 2.24) is 9.21 Å². The molecule has 7 heteroatoms. The van der Waals surface area contributed by atoms with E-state index in [1.807, 2.05) is 4.90 Å². The Morgan fingerprint density at radius 3 is 2.20 bits per heavy atom. The Bertz CT molecular complexity index is 572. The van der Waals surface area contributed by atoms with E-state index in [0.29, 0.717) is 24.9 Å². The van der Waals surface area contributed by atoms with E-state index in [4.69, 9.17) is 5.73 Å². The molecule has 144 valence electrons. The first kappa shape index (κ1) is 19.1. The lowest BCUT2D eigenvalue weighted by Crippen LogP contribution is -2.52. The lowest BCUT2D eigenvalue weighted by Gasteiger charge is -2.45. The highest BCUT2D eigenvalue weighted by molar-refractivity contribution is 7.89. The Morgan fingerprint density at radius 2 is 1.68 bits per heavy atom. The molecule has 3 rings (SSSR count). The van der Waals surface area contributed by atoms with E-state index < -0.39 is 10.0 Å². The van der Waals surface area contributed by atoms with Gasteiger partial charge < -0.3 is 10.6 Å². The molecule has 2 bridgehead atoms. The Kier molecular flexibility index (Phi) is 5.75. The summed E-state index contributed by atoms with van der Waals surface area (Å²) >= 11 is 0. The first-order chi connectivity index (χ1) is 11.8. The number of likely N-dealkylation sites (tertiary alicyclic amines) is 1. The predicted octanol–water partition coefficient (Wildman–Crippen LogP) is 1.41. The van der Waals surface area contributed by atoms with Gasteiger partial charge in [-0.15, -0.1) is 0 Å². The van der Waals surface area contributed by atoms with E-state index in [1.165, 1.54) is 23.6 Å². The van der Waals surface area contributed by atoms with Gasteiger partial charge in [0, 0.05) is 38.1 Å². The number of piperidine rings is 1. The molecule has 2 N–H and O–H groups in total. The molecular formula is C18H33N3O3S. The van der Waals surface area contributed by atoms with Crippen molar-refractivity contribution in [2.75, 3.05) is 25.9 Å². The Labute approximate surface area is 152 Å². The summed E-state index contributed by atoms with van der Waals surface area (Å²) in [6.45, 7) is 3.02. The van der Waals surface area contributed by atoms with Gasteiger partial charge in [-0.3, -0.25) is 4.79 Å². The van der Waals surface area contributed by atoms with E-state index in [9.17, 15) is 13.2 Å². The van der Waals surface area contributed by atoms with E-state index in [-0.39, 0.29) is 29.7 Å². The van der Waals surface area contributed by atoms with Gasteiger partial charge >= 0.3 is 0 Å². The van der Waals surface area contributed by atoms with Crippen LogP contribution in [-0.4, -0.2) is 61.5 Å². The van der Waals surface area contributed by atoms with E-state index >= 15 is 0 Å². The van der Waals surface area contributed by atoms with E-state index in [1.54, 1.807) is 14.0 Å². The molecule has 25 heavy (non-hydrogen) atoms. The van der Waals surface area contributed by atoms with E-state index in [0.717, 1.165) is 25.7 Å². The quantitative estimate of drug-likeness (QED) is 0.810. The first-order valence-corrected chi connectivity index (χ1v) is 11.4. The fourth-order valence-corrected chi connectivity index (χ4v) is 6.20. The monoisotopic (exact) mass is 371 g/mol. The Hall–Kier alpha value is -0.660. The first-order valence-electron chi connectivity index (χ1n) is 9.83. The summed E-state index contributed by atoms with van der Waals surface area (Å²) in [6, 6.07) is 0.310. The summed E-state index contributed by atoms with van der Waals surface area (Å²) in [5, 5.41) is 0. The molecule has 0 aromatic carbocycles. The summed E-state index contributed by atoms with van der Waals surface area (Å²) in [6.07, 6.45) is 6.96. The molecule has 0 radical (unpaired) electrons. The maximum atomic E-state index is 13.0. The van der Waals surface area contributed by atoms with E-state index in [2.05, 4.69) is 0 Å². The number of fused-ring (bicyclic) bond motifs is 2. The van der Waals surface area contributed by atoms with Gasteiger partial charge in [0.1, 0.15) is 0 Å². The average Bonchev–Trinajstić information content (AvgIpc) is 2.60. The van der Waals surface area contributed by atoms with Crippen molar-refractivity contribution in [2.45, 2.75) is 64.0 Å². The molecule has 0 aromatic heterocycles. The third-order valence-corrected chi connectivity index (χ3v) is 8.76. The zero-order chi connectivity index (χ0) is 18.2. The highest BCUT2D eigenvalue weighted by atomic mass is 32.2. The molecular weight excluding hydrogens is 338 g/mol. The van der Waals surface area contributed by atoms with Gasteiger partial charge in [-0.25, -0.2) is 12.7 Å². The highest BCUT2D eigenvalue weighted by Crippen LogP contribution is 2.42. The molecule has 2 saturated carbocycles. The Balaban J connectivity index is 1.55. The summed E-state index contributed by atoms with van der Waals surface area (Å²) in [5.41, 5.74) is 6.34. The van der Waals surface area contributed by atoms with Gasteiger partial charge in [-0.05, 0) is 57.3 Å². The number of sulfonamides is 1. The fourth-order valence-electron chi connectivity index (χ4n) is 5.13. The second-order valence-corrected chi connectivity index (χ2v) is 10.5. The smallest absolute Gasteiger partial charge is 0.225 e. The molecule has 0 aromatic rings. The Morgan fingerprint density at radius 1 is 1.12 bits per heavy atom. The summed E-state index contributed by atoms with van der Waals surface area (Å²) in [7, 11) is -1.49. The normalized spacial score (nSPS) is 34.3. The van der Waals surface area contributed by atoms with Crippen molar-refractivity contribution in [3.05, 3.63) is 0 Å². The van der Waals surface area contributed by atoms with Crippen LogP contribution in [-0.2, 0) is 14.8 Å². The van der Waals surface area contributed by atoms with Crippen molar-refractivity contribution in [3.8, 4) is 0 Å². The van der Waals surface area contributed by atoms with Gasteiger partial charge in [0.25, 0.3) is 0 Å². The maximum absolute atomic E-state index is 13.0. The van der Waals surface area contributed by atoms with Crippen molar-refractivity contribution in [1.29, 1.82) is 0 Å². The van der Waals surface area contributed by atoms with Crippen LogP contribution in [0.3, 0.4) is 0 Å². The number of amides is 1. The van der Waals surface area contributed by atoms with Crippen LogP contribution in [0.1, 0.15) is 51.9 Å². The molecule has 6 nitrogen and oxygen atoms in total. The second-order valence-electron chi connectivity index (χ2n) is 8.17. The van der Waals surface area contributed by atoms with Crippen LogP contribution in [0, 0.1) is 17.8 Å². The molecule has 1 heterocycles. The molecule has 1 saturated heterocycles. The van der Waals surface area contributed by atoms with Crippen molar-refractivity contribution >= 4 is 15.9 Å². The van der Waals surface area contributed by atoms with Gasteiger partial charge in [-0.2, -0.15) is 0 Å². The summed E-state index contributed by atoms with van der Waals surface area (Å²) in [5.74, 6) is 1.57.